The van der Waals surface area contributed by atoms with Gasteiger partial charge in [0.25, 0.3) is 0 Å². The molecule has 0 amide bonds. The summed E-state index contributed by atoms with van der Waals surface area (Å²) in [6.07, 6.45) is 1.65. The van der Waals surface area contributed by atoms with E-state index in [-0.39, 0.29) is 18.6 Å². The van der Waals surface area contributed by atoms with Gasteiger partial charge in [0.1, 0.15) is 12.0 Å². The topological polar surface area (TPSA) is 34.2 Å². The Kier molecular flexibility index (Phi) is 4.56. The Labute approximate surface area is 115 Å². The highest BCUT2D eigenvalue weighted by atomic mass is 79.9. The van der Waals surface area contributed by atoms with E-state index in [4.69, 9.17) is 4.74 Å². The van der Waals surface area contributed by atoms with Crippen LogP contribution in [0.5, 0.6) is 0 Å². The van der Waals surface area contributed by atoms with Crippen LogP contribution in [0.2, 0.25) is 0 Å². The summed E-state index contributed by atoms with van der Waals surface area (Å²) in [5.41, 5.74) is 1.06. The third kappa shape index (κ3) is 3.20. The van der Waals surface area contributed by atoms with E-state index in [0.717, 1.165) is 16.5 Å². The van der Waals surface area contributed by atoms with Gasteiger partial charge in [0.15, 0.2) is 0 Å². The Bertz CT molecular complexity index is 404. The fraction of sp³-hybridized carbons (Fsp3) is 0.615. The number of aromatic nitrogens is 1. The quantitative estimate of drug-likeness (QED) is 0.908. The van der Waals surface area contributed by atoms with Crippen molar-refractivity contribution in [3.05, 3.63) is 22.3 Å². The van der Waals surface area contributed by atoms with Gasteiger partial charge in [0, 0.05) is 17.3 Å². The van der Waals surface area contributed by atoms with Gasteiger partial charge in [-0.3, -0.25) is 0 Å². The molecule has 1 aliphatic heterocycles. The molecule has 1 aliphatic rings. The number of aryl methyl sites for hydroxylation is 1. The number of nitrogens with zero attached hydrogens (tertiary/aromatic N) is 1. The number of ether oxygens (including phenoxy) is 1. The van der Waals surface area contributed by atoms with Gasteiger partial charge in [-0.1, -0.05) is 22.9 Å². The van der Waals surface area contributed by atoms with E-state index >= 15 is 0 Å². The van der Waals surface area contributed by atoms with E-state index in [2.05, 4.69) is 26.2 Å². The molecule has 1 saturated heterocycles. The maximum absolute atomic E-state index is 14.0. The fourth-order valence-corrected chi connectivity index (χ4v) is 2.41. The van der Waals surface area contributed by atoms with E-state index in [1.54, 1.807) is 6.20 Å². The van der Waals surface area contributed by atoms with Crippen molar-refractivity contribution in [1.29, 1.82) is 0 Å². The molecule has 2 heterocycles. The Morgan fingerprint density at radius 1 is 1.56 bits per heavy atom. The van der Waals surface area contributed by atoms with Crippen LogP contribution in [0.15, 0.2) is 16.7 Å². The molecule has 100 valence electrons. The summed E-state index contributed by atoms with van der Waals surface area (Å²) in [5.74, 6) is 0.929. The van der Waals surface area contributed by atoms with E-state index in [0.29, 0.717) is 12.4 Å². The van der Waals surface area contributed by atoms with Gasteiger partial charge in [-0.05, 0) is 30.9 Å². The number of hydrogen-bond acceptors (Lipinski definition) is 3. The summed E-state index contributed by atoms with van der Waals surface area (Å²) in [4.78, 5) is 4.28. The summed E-state index contributed by atoms with van der Waals surface area (Å²) >= 11 is 3.46. The van der Waals surface area contributed by atoms with Gasteiger partial charge in [-0.15, -0.1) is 0 Å². The van der Waals surface area contributed by atoms with Crippen LogP contribution in [0.25, 0.3) is 0 Å². The molecule has 5 heteroatoms. The monoisotopic (exact) mass is 316 g/mol. The summed E-state index contributed by atoms with van der Waals surface area (Å²) < 4.78 is 20.2. The molecule has 3 nitrogen and oxygen atoms in total. The molecule has 1 unspecified atom stereocenters. The zero-order valence-electron chi connectivity index (χ0n) is 10.6. The Hall–Kier alpha value is -0.680. The van der Waals surface area contributed by atoms with Crippen LogP contribution in [-0.4, -0.2) is 30.4 Å². The van der Waals surface area contributed by atoms with E-state index in [1.807, 2.05) is 19.9 Å². The van der Waals surface area contributed by atoms with Crippen LogP contribution < -0.4 is 5.32 Å². The Morgan fingerprint density at radius 3 is 3.06 bits per heavy atom. The second-order valence-corrected chi connectivity index (χ2v) is 5.70. The van der Waals surface area contributed by atoms with Crippen LogP contribution in [0.3, 0.4) is 0 Å². The van der Waals surface area contributed by atoms with Crippen LogP contribution >= 0.6 is 15.9 Å². The molecular weight excluding hydrogens is 299 g/mol. The lowest BCUT2D eigenvalue weighted by atomic mass is 9.96. The number of hydrogen-bond donors (Lipinski definition) is 1. The Morgan fingerprint density at radius 2 is 2.33 bits per heavy atom. The molecule has 1 aromatic rings. The van der Waals surface area contributed by atoms with Gasteiger partial charge >= 0.3 is 0 Å². The standard InChI is InChI=1S/C13H18BrFN2O/c1-8-3-4-18-7-11(15)13(8)17-12-5-10(14)9(2)6-16-12/h5-6,8,11,13H,3-4,7H2,1-2H3,(H,16,17)/t8?,11-,13-/m1/s1. The third-order valence-corrected chi connectivity index (χ3v) is 4.20. The smallest absolute Gasteiger partial charge is 0.144 e. The summed E-state index contributed by atoms with van der Waals surface area (Å²) in [5, 5.41) is 3.19. The first kappa shape index (κ1) is 13.7. The normalized spacial score (nSPS) is 28.8. The number of rotatable bonds is 2. The molecule has 0 radical (unpaired) electrons. The van der Waals surface area contributed by atoms with Crippen molar-refractivity contribution in [2.24, 2.45) is 5.92 Å². The maximum Gasteiger partial charge on any atom is 0.144 e. The number of alkyl halides is 1. The summed E-state index contributed by atoms with van der Waals surface area (Å²) in [6.45, 7) is 4.81. The molecule has 0 aromatic carbocycles. The lowest BCUT2D eigenvalue weighted by molar-refractivity contribution is 0.0940. The molecule has 18 heavy (non-hydrogen) atoms. The van der Waals surface area contributed by atoms with Crippen LogP contribution in [0.4, 0.5) is 10.2 Å². The summed E-state index contributed by atoms with van der Waals surface area (Å²) in [6, 6.07) is 1.65. The lowest BCUT2D eigenvalue weighted by Gasteiger charge is -2.25. The third-order valence-electron chi connectivity index (χ3n) is 3.35. The van der Waals surface area contributed by atoms with Gasteiger partial charge in [-0.2, -0.15) is 0 Å². The second-order valence-electron chi connectivity index (χ2n) is 4.85. The largest absolute Gasteiger partial charge is 0.378 e. The van der Waals surface area contributed by atoms with Gasteiger partial charge in [0.2, 0.25) is 0 Å². The molecule has 3 atom stereocenters. The average molecular weight is 317 g/mol. The first-order valence-electron chi connectivity index (χ1n) is 6.18. The lowest BCUT2D eigenvalue weighted by Crippen LogP contribution is -2.37. The van der Waals surface area contributed by atoms with Crippen LogP contribution in [0, 0.1) is 12.8 Å². The SMILES string of the molecule is Cc1cnc(N[C@@H]2C(C)CCOC[C@H]2F)cc1Br. The first-order chi connectivity index (χ1) is 8.58. The minimum absolute atomic E-state index is 0.162. The molecule has 0 bridgehead atoms. The molecular formula is C13H18BrFN2O. The Balaban J connectivity index is 2.12. The summed E-state index contributed by atoms with van der Waals surface area (Å²) in [7, 11) is 0. The zero-order chi connectivity index (χ0) is 13.1. The maximum atomic E-state index is 14.0. The van der Waals surface area contributed by atoms with Crippen molar-refractivity contribution < 1.29 is 9.13 Å². The number of pyridine rings is 1. The number of nitrogens with one attached hydrogen (secondary N) is 1. The fourth-order valence-electron chi connectivity index (χ4n) is 2.09. The minimum atomic E-state index is -0.996. The van der Waals surface area contributed by atoms with Crippen molar-refractivity contribution in [3.8, 4) is 0 Å². The predicted molar refractivity (Wildman–Crippen MR) is 73.6 cm³/mol. The van der Waals surface area contributed by atoms with Gasteiger partial charge in [-0.25, -0.2) is 9.37 Å². The van der Waals surface area contributed by atoms with Gasteiger partial charge in [0.05, 0.1) is 12.6 Å². The van der Waals surface area contributed by atoms with Crippen molar-refractivity contribution in [3.63, 3.8) is 0 Å². The second kappa shape index (κ2) is 5.97. The van der Waals surface area contributed by atoms with E-state index in [9.17, 15) is 4.39 Å². The molecule has 2 rings (SSSR count). The molecule has 1 fully saturated rings. The number of anilines is 1. The van der Waals surface area contributed by atoms with Crippen molar-refractivity contribution in [2.45, 2.75) is 32.5 Å². The minimum Gasteiger partial charge on any atom is -0.378 e. The molecule has 0 spiro atoms. The highest BCUT2D eigenvalue weighted by Gasteiger charge is 2.29. The number of halogens is 2. The van der Waals surface area contributed by atoms with E-state index < -0.39 is 6.17 Å². The highest BCUT2D eigenvalue weighted by molar-refractivity contribution is 9.10. The van der Waals surface area contributed by atoms with Crippen molar-refractivity contribution in [1.82, 2.24) is 4.98 Å². The van der Waals surface area contributed by atoms with Crippen molar-refractivity contribution >= 4 is 21.7 Å². The zero-order valence-corrected chi connectivity index (χ0v) is 12.2. The molecule has 0 saturated carbocycles. The van der Waals surface area contributed by atoms with Crippen LogP contribution in [-0.2, 0) is 4.74 Å². The predicted octanol–water partition coefficient (Wildman–Crippen LogP) is 3.33. The van der Waals surface area contributed by atoms with Gasteiger partial charge < -0.3 is 10.1 Å². The molecule has 0 aliphatic carbocycles. The average Bonchev–Trinajstić information content (AvgIpc) is 2.49. The molecule has 1 N–H and O–H groups in total. The van der Waals surface area contributed by atoms with E-state index in [1.165, 1.54) is 0 Å². The first-order valence-corrected chi connectivity index (χ1v) is 6.97. The van der Waals surface area contributed by atoms with Crippen molar-refractivity contribution in [2.75, 3.05) is 18.5 Å². The highest BCUT2D eigenvalue weighted by Crippen LogP contribution is 2.24. The van der Waals surface area contributed by atoms with Crippen LogP contribution in [0.1, 0.15) is 18.9 Å². The molecule has 1 aromatic heterocycles.